The van der Waals surface area contributed by atoms with Crippen LogP contribution in [0.1, 0.15) is 72.1 Å². The molecule has 1 aromatic rings. The topological polar surface area (TPSA) is 50.8 Å². The first kappa shape index (κ1) is 24.1. The zero-order valence-corrected chi connectivity index (χ0v) is 19.8. The van der Waals surface area contributed by atoms with Gasteiger partial charge < -0.3 is 14.8 Å². The van der Waals surface area contributed by atoms with Gasteiger partial charge in [0.15, 0.2) is 0 Å². The minimum absolute atomic E-state index is 0.00450. The molecule has 0 bridgehead atoms. The monoisotopic (exact) mass is 430 g/mol. The van der Waals surface area contributed by atoms with Gasteiger partial charge in [0.25, 0.3) is 5.91 Å². The minimum atomic E-state index is -0.676. The van der Waals surface area contributed by atoms with Crippen molar-refractivity contribution in [3.05, 3.63) is 24.3 Å². The third kappa shape index (κ3) is 7.21. The summed E-state index contributed by atoms with van der Waals surface area (Å²) >= 11 is 0. The van der Waals surface area contributed by atoms with Gasteiger partial charge in [0.2, 0.25) is 0 Å². The van der Waals surface area contributed by atoms with Crippen molar-refractivity contribution in [2.24, 2.45) is 11.8 Å². The van der Waals surface area contributed by atoms with Gasteiger partial charge in [-0.3, -0.25) is 9.69 Å². The Morgan fingerprint density at radius 3 is 2.29 bits per heavy atom. The molecule has 2 fully saturated rings. The number of piperidine rings is 1. The van der Waals surface area contributed by atoms with Crippen LogP contribution in [0.5, 0.6) is 5.75 Å². The zero-order chi connectivity index (χ0) is 22.1. The number of likely N-dealkylation sites (tertiary alicyclic amines) is 1. The maximum absolute atomic E-state index is 13.2. The summed E-state index contributed by atoms with van der Waals surface area (Å²) in [5.41, 5.74) is 0.129. The van der Waals surface area contributed by atoms with E-state index in [2.05, 4.69) is 31.0 Å². The van der Waals surface area contributed by atoms with Crippen molar-refractivity contribution in [3.63, 3.8) is 0 Å². The van der Waals surface area contributed by atoms with Gasteiger partial charge in [-0.05, 0) is 61.8 Å². The molecule has 31 heavy (non-hydrogen) atoms. The minimum Gasteiger partial charge on any atom is -0.492 e. The van der Waals surface area contributed by atoms with Gasteiger partial charge in [-0.1, -0.05) is 46.5 Å². The fraction of sp³-hybridized carbons (Fsp3) is 0.731. The molecule has 0 radical (unpaired) electrons. The van der Waals surface area contributed by atoms with Crippen LogP contribution in [0.15, 0.2) is 24.3 Å². The molecule has 174 valence electrons. The summed E-state index contributed by atoms with van der Waals surface area (Å²) in [6.45, 7) is 11.4. The Balaban J connectivity index is 1.50. The molecule has 1 aliphatic carbocycles. The second-order valence-corrected chi connectivity index (χ2v) is 9.79. The molecule has 1 aliphatic heterocycles. The van der Waals surface area contributed by atoms with Gasteiger partial charge in [-0.25, -0.2) is 0 Å². The summed E-state index contributed by atoms with van der Waals surface area (Å²) in [5, 5.41) is 3.11. The largest absolute Gasteiger partial charge is 0.492 e. The Hall–Kier alpha value is -1.59. The predicted octanol–water partition coefficient (Wildman–Crippen LogP) is 5.50. The molecule has 1 saturated carbocycles. The van der Waals surface area contributed by atoms with Crippen molar-refractivity contribution in [2.75, 3.05) is 38.2 Å². The number of carbonyl (C=O) groups excluding carboxylic acids is 1. The van der Waals surface area contributed by atoms with Crippen LogP contribution < -0.4 is 10.1 Å². The average Bonchev–Trinajstić information content (AvgIpc) is 2.99. The molecule has 1 aromatic carbocycles. The van der Waals surface area contributed by atoms with E-state index in [1.807, 2.05) is 24.3 Å². The molecule has 5 nitrogen and oxygen atoms in total. The fourth-order valence-electron chi connectivity index (χ4n) is 5.18. The van der Waals surface area contributed by atoms with Crippen molar-refractivity contribution < 1.29 is 14.3 Å². The zero-order valence-electron chi connectivity index (χ0n) is 19.8. The smallest absolute Gasteiger partial charge is 0.256 e. The average molecular weight is 431 g/mol. The summed E-state index contributed by atoms with van der Waals surface area (Å²) in [7, 11) is 0. The number of rotatable bonds is 9. The molecule has 1 saturated heterocycles. The van der Waals surface area contributed by atoms with Gasteiger partial charge in [-0.2, -0.15) is 0 Å². The van der Waals surface area contributed by atoms with Crippen molar-refractivity contribution in [2.45, 2.75) is 77.7 Å². The summed E-state index contributed by atoms with van der Waals surface area (Å²) < 4.78 is 12.1. The van der Waals surface area contributed by atoms with Crippen LogP contribution in [0.3, 0.4) is 0 Å². The lowest BCUT2D eigenvalue weighted by Crippen LogP contribution is -2.45. The van der Waals surface area contributed by atoms with Crippen molar-refractivity contribution in [1.82, 2.24) is 4.90 Å². The van der Waals surface area contributed by atoms with Crippen LogP contribution in [0.4, 0.5) is 5.69 Å². The number of nitrogens with zero attached hydrogens (tertiary/aromatic N) is 1. The van der Waals surface area contributed by atoms with Crippen LogP contribution in [-0.2, 0) is 9.53 Å². The van der Waals surface area contributed by atoms with Crippen LogP contribution in [-0.4, -0.2) is 49.3 Å². The Morgan fingerprint density at radius 1 is 1.03 bits per heavy atom. The number of nitrogens with one attached hydrogen (secondary N) is 1. The highest BCUT2D eigenvalue weighted by Crippen LogP contribution is 2.32. The second-order valence-electron chi connectivity index (χ2n) is 9.79. The van der Waals surface area contributed by atoms with Gasteiger partial charge in [0.05, 0.1) is 0 Å². The summed E-state index contributed by atoms with van der Waals surface area (Å²) in [6, 6.07) is 7.76. The van der Waals surface area contributed by atoms with Crippen LogP contribution in [0.25, 0.3) is 0 Å². The van der Waals surface area contributed by atoms with E-state index in [0.717, 1.165) is 61.9 Å². The Labute approximate surface area is 188 Å². The fourth-order valence-corrected chi connectivity index (χ4v) is 5.18. The Bertz CT molecular complexity index is 658. The first-order chi connectivity index (χ1) is 15.0. The van der Waals surface area contributed by atoms with E-state index in [4.69, 9.17) is 9.47 Å². The second kappa shape index (κ2) is 11.9. The van der Waals surface area contributed by atoms with Gasteiger partial charge in [-0.15, -0.1) is 0 Å². The van der Waals surface area contributed by atoms with E-state index >= 15 is 0 Å². The number of amides is 1. The molecule has 0 unspecified atom stereocenters. The lowest BCUT2D eigenvalue weighted by Gasteiger charge is -2.34. The van der Waals surface area contributed by atoms with E-state index in [1.165, 1.54) is 32.4 Å². The number of anilines is 1. The molecule has 1 amide bonds. The highest BCUT2D eigenvalue weighted by molar-refractivity contribution is 5.97. The molecule has 2 atom stereocenters. The Kier molecular flexibility index (Phi) is 9.21. The predicted molar refractivity (Wildman–Crippen MR) is 127 cm³/mol. The third-order valence-corrected chi connectivity index (χ3v) is 6.64. The van der Waals surface area contributed by atoms with Crippen LogP contribution in [0.2, 0.25) is 0 Å². The molecule has 5 heteroatoms. The highest BCUT2D eigenvalue weighted by Gasteiger charge is 2.39. The molecule has 2 aliphatic rings. The molecule has 1 heterocycles. The van der Waals surface area contributed by atoms with Crippen LogP contribution >= 0.6 is 0 Å². The first-order valence-corrected chi connectivity index (χ1v) is 12.4. The Morgan fingerprint density at radius 2 is 1.68 bits per heavy atom. The quantitative estimate of drug-likeness (QED) is 0.526. The standard InChI is InChI=1S/C26H42N2O3/c1-4-16-31-26(13-7-5-6-8-14-26)25(29)27-23-9-11-24(12-10-23)30-17-15-28-19-21(2)18-22(3)20-28/h9-12,21-22H,4-8,13-20H2,1-3H3,(H,27,29)/t21-,22-/m0/s1. The molecule has 1 N–H and O–H groups in total. The number of ether oxygens (including phenoxy) is 2. The summed E-state index contributed by atoms with van der Waals surface area (Å²) in [5.74, 6) is 2.39. The van der Waals surface area contributed by atoms with Crippen molar-refractivity contribution >= 4 is 11.6 Å². The molecular formula is C26H42N2O3. The number of hydrogen-bond acceptors (Lipinski definition) is 4. The normalized spacial score (nSPS) is 24.4. The maximum atomic E-state index is 13.2. The lowest BCUT2D eigenvalue weighted by molar-refractivity contribution is -0.143. The highest BCUT2D eigenvalue weighted by atomic mass is 16.5. The van der Waals surface area contributed by atoms with Crippen molar-refractivity contribution in [3.8, 4) is 5.75 Å². The van der Waals surface area contributed by atoms with E-state index in [0.29, 0.717) is 13.2 Å². The third-order valence-electron chi connectivity index (χ3n) is 6.64. The van der Waals surface area contributed by atoms with Gasteiger partial charge in [0.1, 0.15) is 18.0 Å². The number of carbonyl (C=O) groups is 1. The summed E-state index contributed by atoms with van der Waals surface area (Å²) in [6.07, 6.45) is 8.36. The first-order valence-electron chi connectivity index (χ1n) is 12.4. The SMILES string of the molecule is CCCOC1(C(=O)Nc2ccc(OCCN3C[C@@H](C)C[C@H](C)C3)cc2)CCCCCC1. The number of benzene rings is 1. The van der Waals surface area contributed by atoms with Crippen LogP contribution in [0, 0.1) is 11.8 Å². The van der Waals surface area contributed by atoms with E-state index in [1.54, 1.807) is 0 Å². The summed E-state index contributed by atoms with van der Waals surface area (Å²) in [4.78, 5) is 15.7. The van der Waals surface area contributed by atoms with E-state index < -0.39 is 5.60 Å². The lowest BCUT2D eigenvalue weighted by atomic mass is 9.92. The number of hydrogen-bond donors (Lipinski definition) is 1. The van der Waals surface area contributed by atoms with E-state index in [9.17, 15) is 4.79 Å². The van der Waals surface area contributed by atoms with Crippen molar-refractivity contribution in [1.29, 1.82) is 0 Å². The molecule has 3 rings (SSSR count). The molecular weight excluding hydrogens is 388 g/mol. The molecule has 0 spiro atoms. The maximum Gasteiger partial charge on any atom is 0.256 e. The molecule has 0 aromatic heterocycles. The van der Waals surface area contributed by atoms with Gasteiger partial charge in [0, 0.05) is 31.9 Å². The van der Waals surface area contributed by atoms with E-state index in [-0.39, 0.29) is 5.91 Å². The van der Waals surface area contributed by atoms with Gasteiger partial charge >= 0.3 is 0 Å².